The number of nitrogens with zero attached hydrogens (tertiary/aromatic N) is 2. The Balaban J connectivity index is 1.52. The number of para-hydroxylation sites is 2. The highest BCUT2D eigenvalue weighted by Gasteiger charge is 2.40. The summed E-state index contributed by atoms with van der Waals surface area (Å²) in [6, 6.07) is 26.3. The molecule has 5 aromatic carbocycles. The number of aromatic nitrogens is 1. The lowest BCUT2D eigenvalue weighted by Crippen LogP contribution is -2.29. The molecule has 1 aliphatic heterocycles. The summed E-state index contributed by atoms with van der Waals surface area (Å²) < 4.78 is 84.7. The third-order valence-corrected chi connectivity index (χ3v) is 7.79. The number of carbonyl (C=O) groups is 2. The van der Waals surface area contributed by atoms with Crippen LogP contribution in [-0.2, 0) is 12.4 Å². The van der Waals surface area contributed by atoms with Gasteiger partial charge in [0.15, 0.2) is 0 Å². The first-order valence-corrected chi connectivity index (χ1v) is 13.3. The van der Waals surface area contributed by atoms with Crippen molar-refractivity contribution in [1.82, 2.24) is 4.57 Å². The van der Waals surface area contributed by atoms with Crippen molar-refractivity contribution < 1.29 is 35.9 Å². The summed E-state index contributed by atoms with van der Waals surface area (Å²) in [5.74, 6) is -1.07. The number of amides is 2. The van der Waals surface area contributed by atoms with E-state index in [9.17, 15) is 35.9 Å². The van der Waals surface area contributed by atoms with Crippen LogP contribution in [0.2, 0.25) is 0 Å². The molecular formula is C34H18F6N2O2. The Morgan fingerprint density at radius 3 is 1.93 bits per heavy atom. The van der Waals surface area contributed by atoms with Gasteiger partial charge in [0.05, 0.1) is 44.7 Å². The number of halogens is 6. The molecule has 218 valence electrons. The highest BCUT2D eigenvalue weighted by Crippen LogP contribution is 2.45. The van der Waals surface area contributed by atoms with E-state index in [1.54, 1.807) is 83.4 Å². The fourth-order valence-electron chi connectivity index (χ4n) is 5.96. The van der Waals surface area contributed by atoms with E-state index in [2.05, 4.69) is 0 Å². The molecule has 6 aromatic rings. The number of rotatable bonds is 3. The Morgan fingerprint density at radius 1 is 0.545 bits per heavy atom. The van der Waals surface area contributed by atoms with Gasteiger partial charge in [0, 0.05) is 10.8 Å². The minimum atomic E-state index is -5.08. The van der Waals surface area contributed by atoms with Gasteiger partial charge in [-0.25, -0.2) is 4.90 Å². The average molecular weight is 601 g/mol. The van der Waals surface area contributed by atoms with Crippen LogP contribution >= 0.6 is 0 Å². The fourth-order valence-corrected chi connectivity index (χ4v) is 5.96. The van der Waals surface area contributed by atoms with Gasteiger partial charge in [0.25, 0.3) is 11.8 Å². The van der Waals surface area contributed by atoms with Gasteiger partial charge in [-0.05, 0) is 59.7 Å². The summed E-state index contributed by atoms with van der Waals surface area (Å²) in [5, 5.41) is 0.864. The third kappa shape index (κ3) is 4.09. The highest BCUT2D eigenvalue weighted by molar-refractivity contribution is 6.35. The second-order valence-corrected chi connectivity index (χ2v) is 10.3. The maximum Gasteiger partial charge on any atom is 0.417 e. The van der Waals surface area contributed by atoms with Crippen molar-refractivity contribution in [3.05, 3.63) is 131 Å². The summed E-state index contributed by atoms with van der Waals surface area (Å²) in [6.45, 7) is 0. The zero-order valence-electron chi connectivity index (χ0n) is 22.4. The van der Waals surface area contributed by atoms with Crippen LogP contribution in [0.1, 0.15) is 31.8 Å². The normalized spacial score (nSPS) is 13.7. The van der Waals surface area contributed by atoms with Gasteiger partial charge < -0.3 is 4.57 Å². The Labute approximate surface area is 245 Å². The average Bonchev–Trinajstić information content (AvgIpc) is 3.47. The van der Waals surface area contributed by atoms with Crippen molar-refractivity contribution in [1.29, 1.82) is 0 Å². The fraction of sp³-hybridized carbons (Fsp3) is 0.0588. The summed E-state index contributed by atoms with van der Waals surface area (Å²) in [4.78, 5) is 28.3. The number of hydrogen-bond donors (Lipinski definition) is 0. The third-order valence-electron chi connectivity index (χ3n) is 7.79. The van der Waals surface area contributed by atoms with Crippen LogP contribution in [0.3, 0.4) is 0 Å². The number of benzene rings is 5. The molecule has 4 nitrogen and oxygen atoms in total. The lowest BCUT2D eigenvalue weighted by molar-refractivity contribution is -0.142. The lowest BCUT2D eigenvalue weighted by Gasteiger charge is -2.17. The standard InChI is InChI=1S/C34H18F6N2O2/c35-33(36,37)19-16-17-21(25(18-19)34(38,39)40)22-11-6-14-27-29(22)23-10-4-5-13-26(23)42(27)28-15-7-12-24-30(28)32(44)41(31(24)43)20-8-2-1-3-9-20/h1-18H. The van der Waals surface area contributed by atoms with E-state index in [0.29, 0.717) is 39.2 Å². The molecule has 2 amide bonds. The molecule has 10 heteroatoms. The van der Waals surface area contributed by atoms with Gasteiger partial charge in [0.2, 0.25) is 0 Å². The second-order valence-electron chi connectivity index (χ2n) is 10.3. The predicted molar refractivity (Wildman–Crippen MR) is 154 cm³/mol. The van der Waals surface area contributed by atoms with Crippen LogP contribution in [0.25, 0.3) is 38.6 Å². The predicted octanol–water partition coefficient (Wildman–Crippen LogP) is 9.29. The molecule has 0 N–H and O–H groups in total. The molecule has 2 heterocycles. The topological polar surface area (TPSA) is 42.3 Å². The lowest BCUT2D eigenvalue weighted by atomic mass is 9.93. The van der Waals surface area contributed by atoms with Crippen molar-refractivity contribution in [2.45, 2.75) is 12.4 Å². The summed E-state index contributed by atoms with van der Waals surface area (Å²) >= 11 is 0. The molecule has 0 unspecified atom stereocenters. The molecule has 0 saturated heterocycles. The second kappa shape index (κ2) is 9.57. The number of carbonyl (C=O) groups excluding carboxylic acids is 2. The first-order valence-electron chi connectivity index (χ1n) is 13.3. The summed E-state index contributed by atoms with van der Waals surface area (Å²) in [7, 11) is 0. The number of anilines is 1. The molecular weight excluding hydrogens is 582 g/mol. The monoisotopic (exact) mass is 600 g/mol. The van der Waals surface area contributed by atoms with E-state index in [1.807, 2.05) is 0 Å². The Morgan fingerprint density at radius 2 is 1.20 bits per heavy atom. The van der Waals surface area contributed by atoms with Crippen LogP contribution in [0.4, 0.5) is 32.0 Å². The number of imide groups is 1. The van der Waals surface area contributed by atoms with Gasteiger partial charge in [-0.1, -0.05) is 60.7 Å². The Hall–Kier alpha value is -5.38. The first-order chi connectivity index (χ1) is 21.0. The zero-order chi connectivity index (χ0) is 31.0. The van der Waals surface area contributed by atoms with E-state index >= 15 is 0 Å². The van der Waals surface area contributed by atoms with Crippen LogP contribution in [0.5, 0.6) is 0 Å². The molecule has 0 aliphatic carbocycles. The molecule has 0 bridgehead atoms. The summed E-state index contributed by atoms with van der Waals surface area (Å²) in [5.41, 5.74) is -1.22. The van der Waals surface area contributed by atoms with Crippen molar-refractivity contribution in [2.24, 2.45) is 0 Å². The van der Waals surface area contributed by atoms with Gasteiger partial charge in [-0.2, -0.15) is 26.3 Å². The maximum absolute atomic E-state index is 14.2. The van der Waals surface area contributed by atoms with Crippen LogP contribution in [0.15, 0.2) is 109 Å². The molecule has 0 fully saturated rings. The molecule has 0 radical (unpaired) electrons. The van der Waals surface area contributed by atoms with Crippen LogP contribution in [-0.4, -0.2) is 16.4 Å². The maximum atomic E-state index is 14.2. The van der Waals surface area contributed by atoms with E-state index < -0.39 is 40.9 Å². The van der Waals surface area contributed by atoms with E-state index in [1.165, 1.54) is 12.1 Å². The molecule has 44 heavy (non-hydrogen) atoms. The molecule has 0 spiro atoms. The number of alkyl halides is 6. The minimum absolute atomic E-state index is 0.0689. The quantitative estimate of drug-likeness (QED) is 0.150. The van der Waals surface area contributed by atoms with Crippen LogP contribution in [0, 0.1) is 0 Å². The molecule has 0 atom stereocenters. The summed E-state index contributed by atoms with van der Waals surface area (Å²) in [6.07, 6.45) is -10.0. The molecule has 1 aromatic heterocycles. The van der Waals surface area contributed by atoms with Gasteiger partial charge in [-0.3, -0.25) is 9.59 Å². The van der Waals surface area contributed by atoms with Crippen LogP contribution < -0.4 is 4.90 Å². The van der Waals surface area contributed by atoms with E-state index in [-0.39, 0.29) is 22.8 Å². The Bertz CT molecular complexity index is 2150. The first kappa shape index (κ1) is 27.5. The van der Waals surface area contributed by atoms with Crippen molar-refractivity contribution in [2.75, 3.05) is 4.90 Å². The van der Waals surface area contributed by atoms with E-state index in [0.717, 1.165) is 11.0 Å². The molecule has 0 saturated carbocycles. The Kier molecular flexibility index (Phi) is 5.97. The number of hydrogen-bond acceptors (Lipinski definition) is 2. The van der Waals surface area contributed by atoms with Gasteiger partial charge >= 0.3 is 12.4 Å². The van der Waals surface area contributed by atoms with Crippen molar-refractivity contribution >= 4 is 39.3 Å². The molecule has 1 aliphatic rings. The SMILES string of the molecule is O=C1c2cccc(-n3c4ccccc4c4c(-c5ccc(C(F)(F)F)cc5C(F)(F)F)cccc43)c2C(=O)N1c1ccccc1. The van der Waals surface area contributed by atoms with Gasteiger partial charge in [-0.15, -0.1) is 0 Å². The molecule has 7 rings (SSSR count). The van der Waals surface area contributed by atoms with Crippen molar-refractivity contribution in [3.8, 4) is 16.8 Å². The largest absolute Gasteiger partial charge is 0.417 e. The van der Waals surface area contributed by atoms with E-state index in [4.69, 9.17) is 0 Å². The minimum Gasteiger partial charge on any atom is -0.308 e. The van der Waals surface area contributed by atoms with Gasteiger partial charge in [0.1, 0.15) is 0 Å². The highest BCUT2D eigenvalue weighted by atomic mass is 19.4. The number of fused-ring (bicyclic) bond motifs is 4. The van der Waals surface area contributed by atoms with Crippen molar-refractivity contribution in [3.63, 3.8) is 0 Å². The smallest absolute Gasteiger partial charge is 0.308 e. The zero-order valence-corrected chi connectivity index (χ0v) is 22.4.